The highest BCUT2D eigenvalue weighted by molar-refractivity contribution is 5.93. The van der Waals surface area contributed by atoms with Gasteiger partial charge in [0.25, 0.3) is 5.56 Å². The van der Waals surface area contributed by atoms with Gasteiger partial charge in [0.2, 0.25) is 5.91 Å². The summed E-state index contributed by atoms with van der Waals surface area (Å²) in [5, 5.41) is 0.981. The van der Waals surface area contributed by atoms with Gasteiger partial charge in [0.15, 0.2) is 0 Å². The van der Waals surface area contributed by atoms with Crippen LogP contribution in [-0.4, -0.2) is 17.4 Å². The summed E-state index contributed by atoms with van der Waals surface area (Å²) in [5.74, 6) is 0.0243. The quantitative estimate of drug-likeness (QED) is 0.782. The van der Waals surface area contributed by atoms with E-state index < -0.39 is 0 Å². The molecule has 4 heteroatoms. The van der Waals surface area contributed by atoms with E-state index in [9.17, 15) is 9.59 Å². The third-order valence-electron chi connectivity index (χ3n) is 4.12. The third-order valence-corrected chi connectivity index (χ3v) is 4.12. The maximum Gasteiger partial charge on any atom is 0.251 e. The zero-order valence-electron chi connectivity index (χ0n) is 13.7. The molecule has 0 fully saturated rings. The molecule has 0 aliphatic carbocycles. The molecule has 0 radical (unpaired) electrons. The van der Waals surface area contributed by atoms with E-state index in [1.54, 1.807) is 4.90 Å². The number of hydrogen-bond acceptors (Lipinski definition) is 2. The Labute approximate surface area is 140 Å². The largest absolute Gasteiger partial charge is 0.322 e. The molecule has 1 amide bonds. The molecular formula is C20H20N2O2. The van der Waals surface area contributed by atoms with Crippen LogP contribution >= 0.6 is 0 Å². The highest BCUT2D eigenvalue weighted by Gasteiger charge is 2.14. The summed E-state index contributed by atoms with van der Waals surface area (Å²) in [6, 6.07) is 19.1. The fourth-order valence-electron chi connectivity index (χ4n) is 2.87. The van der Waals surface area contributed by atoms with Gasteiger partial charge >= 0.3 is 0 Å². The van der Waals surface area contributed by atoms with Crippen LogP contribution in [0, 0.1) is 0 Å². The van der Waals surface area contributed by atoms with Crippen molar-refractivity contribution in [1.82, 2.24) is 4.98 Å². The number of amides is 1. The lowest BCUT2D eigenvalue weighted by Crippen LogP contribution is -2.31. The number of H-pyrrole nitrogens is 1. The average Bonchev–Trinajstić information content (AvgIpc) is 2.61. The van der Waals surface area contributed by atoms with Crippen LogP contribution in [0.15, 0.2) is 65.5 Å². The van der Waals surface area contributed by atoms with Gasteiger partial charge in [-0.05, 0) is 43.0 Å². The molecule has 3 aromatic rings. The van der Waals surface area contributed by atoms with Crippen molar-refractivity contribution in [3.05, 3.63) is 76.6 Å². The van der Waals surface area contributed by atoms with Gasteiger partial charge in [-0.1, -0.05) is 36.4 Å². The molecule has 0 bridgehead atoms. The van der Waals surface area contributed by atoms with Crippen LogP contribution < -0.4 is 10.5 Å². The minimum absolute atomic E-state index is 0.0243. The van der Waals surface area contributed by atoms with E-state index in [1.165, 1.54) is 0 Å². The second-order valence-electron chi connectivity index (χ2n) is 5.68. The SMILES string of the molecule is CCN(C(=O)CCc1cc2ccccc2[nH]c1=O)c1ccccc1. The van der Waals surface area contributed by atoms with Crippen LogP contribution in [0.25, 0.3) is 10.9 Å². The Balaban J connectivity index is 1.76. The predicted octanol–water partition coefficient (Wildman–Crippen LogP) is 3.51. The maximum absolute atomic E-state index is 12.5. The minimum Gasteiger partial charge on any atom is -0.322 e. The Bertz CT molecular complexity index is 900. The van der Waals surface area contributed by atoms with Crippen LogP contribution in [0.4, 0.5) is 5.69 Å². The van der Waals surface area contributed by atoms with Gasteiger partial charge in [0.1, 0.15) is 0 Å². The number of aromatic nitrogens is 1. The van der Waals surface area contributed by atoms with Gasteiger partial charge in [0, 0.05) is 29.7 Å². The first-order valence-electron chi connectivity index (χ1n) is 8.15. The van der Waals surface area contributed by atoms with E-state index in [4.69, 9.17) is 0 Å². The van der Waals surface area contributed by atoms with E-state index in [0.29, 0.717) is 24.9 Å². The summed E-state index contributed by atoms with van der Waals surface area (Å²) in [4.78, 5) is 29.3. The van der Waals surface area contributed by atoms with Gasteiger partial charge in [-0.15, -0.1) is 0 Å². The van der Waals surface area contributed by atoms with Gasteiger partial charge in [-0.25, -0.2) is 0 Å². The fourth-order valence-corrected chi connectivity index (χ4v) is 2.87. The van der Waals surface area contributed by atoms with Crippen LogP contribution in [0.2, 0.25) is 0 Å². The molecule has 2 aromatic carbocycles. The molecule has 3 rings (SSSR count). The van der Waals surface area contributed by atoms with E-state index in [2.05, 4.69) is 4.98 Å². The monoisotopic (exact) mass is 320 g/mol. The summed E-state index contributed by atoms with van der Waals surface area (Å²) in [6.45, 7) is 2.56. The van der Waals surface area contributed by atoms with Crippen molar-refractivity contribution in [1.29, 1.82) is 0 Å². The van der Waals surface area contributed by atoms with Crippen LogP contribution in [0.3, 0.4) is 0 Å². The molecule has 1 N–H and O–H groups in total. The number of nitrogens with zero attached hydrogens (tertiary/aromatic N) is 1. The highest BCUT2D eigenvalue weighted by Crippen LogP contribution is 2.16. The lowest BCUT2D eigenvalue weighted by molar-refractivity contribution is -0.118. The zero-order chi connectivity index (χ0) is 16.9. The summed E-state index contributed by atoms with van der Waals surface area (Å²) >= 11 is 0. The van der Waals surface area contributed by atoms with Crippen molar-refractivity contribution in [2.45, 2.75) is 19.8 Å². The molecule has 1 heterocycles. The van der Waals surface area contributed by atoms with Crippen molar-refractivity contribution >= 4 is 22.5 Å². The van der Waals surface area contributed by atoms with E-state index >= 15 is 0 Å². The smallest absolute Gasteiger partial charge is 0.251 e. The minimum atomic E-state index is -0.121. The second kappa shape index (κ2) is 7.13. The summed E-state index contributed by atoms with van der Waals surface area (Å²) in [5.41, 5.74) is 2.23. The lowest BCUT2D eigenvalue weighted by Gasteiger charge is -2.21. The first-order valence-corrected chi connectivity index (χ1v) is 8.15. The Morgan fingerprint density at radius 2 is 1.75 bits per heavy atom. The molecular weight excluding hydrogens is 300 g/mol. The van der Waals surface area contributed by atoms with Gasteiger partial charge < -0.3 is 9.88 Å². The standard InChI is InChI=1S/C20H20N2O2/c1-2-22(17-9-4-3-5-10-17)19(23)13-12-16-14-15-8-6-7-11-18(15)21-20(16)24/h3-11,14H,2,12-13H2,1H3,(H,21,24). The van der Waals surface area contributed by atoms with Crippen molar-refractivity contribution in [2.24, 2.45) is 0 Å². The topological polar surface area (TPSA) is 53.2 Å². The number of aryl methyl sites for hydroxylation is 1. The maximum atomic E-state index is 12.5. The number of aromatic amines is 1. The highest BCUT2D eigenvalue weighted by atomic mass is 16.2. The number of nitrogens with one attached hydrogen (secondary N) is 1. The molecule has 24 heavy (non-hydrogen) atoms. The van der Waals surface area contributed by atoms with Gasteiger partial charge in [0.05, 0.1) is 0 Å². The summed E-state index contributed by atoms with van der Waals surface area (Å²) in [6.07, 6.45) is 0.743. The molecule has 0 aliphatic heterocycles. The molecule has 4 nitrogen and oxygen atoms in total. The Kier molecular flexibility index (Phi) is 4.75. The molecule has 0 spiro atoms. The molecule has 0 unspecified atom stereocenters. The van der Waals surface area contributed by atoms with Crippen LogP contribution in [-0.2, 0) is 11.2 Å². The first kappa shape index (κ1) is 16.0. The van der Waals surface area contributed by atoms with Crippen LogP contribution in [0.5, 0.6) is 0 Å². The van der Waals surface area contributed by atoms with Crippen molar-refractivity contribution in [3.63, 3.8) is 0 Å². The Morgan fingerprint density at radius 1 is 1.04 bits per heavy atom. The molecule has 0 aliphatic rings. The fraction of sp³-hybridized carbons (Fsp3) is 0.200. The molecule has 122 valence electrons. The van der Waals surface area contributed by atoms with Gasteiger partial charge in [-0.2, -0.15) is 0 Å². The molecule has 1 aromatic heterocycles. The third kappa shape index (κ3) is 3.38. The van der Waals surface area contributed by atoms with Crippen molar-refractivity contribution in [2.75, 3.05) is 11.4 Å². The molecule has 0 saturated heterocycles. The number of carbonyl (C=O) groups excluding carboxylic acids is 1. The Hall–Kier alpha value is -2.88. The number of rotatable bonds is 5. The lowest BCUT2D eigenvalue weighted by atomic mass is 10.1. The van der Waals surface area contributed by atoms with Crippen molar-refractivity contribution < 1.29 is 4.79 Å². The summed E-state index contributed by atoms with van der Waals surface area (Å²) < 4.78 is 0. The van der Waals surface area contributed by atoms with Gasteiger partial charge in [-0.3, -0.25) is 9.59 Å². The number of fused-ring (bicyclic) bond motifs is 1. The molecule has 0 saturated carbocycles. The number of benzene rings is 2. The number of hydrogen-bond donors (Lipinski definition) is 1. The number of anilines is 1. The van der Waals surface area contributed by atoms with E-state index in [-0.39, 0.29) is 11.5 Å². The average molecular weight is 320 g/mol. The Morgan fingerprint density at radius 3 is 2.50 bits per heavy atom. The number of para-hydroxylation sites is 2. The van der Waals surface area contributed by atoms with E-state index in [0.717, 1.165) is 16.6 Å². The van der Waals surface area contributed by atoms with E-state index in [1.807, 2.05) is 67.6 Å². The molecule has 0 atom stereocenters. The first-order chi connectivity index (χ1) is 11.7. The number of pyridine rings is 1. The zero-order valence-corrected chi connectivity index (χ0v) is 13.7. The normalized spacial score (nSPS) is 10.7. The summed E-state index contributed by atoms with van der Waals surface area (Å²) in [7, 11) is 0. The van der Waals surface area contributed by atoms with Crippen molar-refractivity contribution in [3.8, 4) is 0 Å². The number of carbonyl (C=O) groups is 1. The predicted molar refractivity (Wildman–Crippen MR) is 97.4 cm³/mol. The second-order valence-corrected chi connectivity index (χ2v) is 5.68. The van der Waals surface area contributed by atoms with Crippen LogP contribution in [0.1, 0.15) is 18.9 Å².